The lowest BCUT2D eigenvalue weighted by molar-refractivity contribution is -0.143. The summed E-state index contributed by atoms with van der Waals surface area (Å²) in [6.45, 7) is 4.09. The van der Waals surface area contributed by atoms with Crippen molar-refractivity contribution in [2.24, 2.45) is 0 Å². The van der Waals surface area contributed by atoms with Gasteiger partial charge in [-0.25, -0.2) is 4.52 Å². The number of esters is 1. The Morgan fingerprint density at radius 1 is 1.25 bits per heavy atom. The highest BCUT2D eigenvalue weighted by atomic mass is 35.5. The van der Waals surface area contributed by atoms with Crippen LogP contribution in [-0.2, 0) is 29.0 Å². The minimum Gasteiger partial charge on any atom is -0.466 e. The molecule has 0 aliphatic rings. The second-order valence-corrected chi connectivity index (χ2v) is 7.04. The molecule has 148 valence electrons. The fourth-order valence-electron chi connectivity index (χ4n) is 3.53. The van der Waals surface area contributed by atoms with Crippen LogP contribution in [0.25, 0.3) is 16.6 Å². The van der Waals surface area contributed by atoms with E-state index in [1.54, 1.807) is 6.92 Å². The lowest BCUT2D eigenvalue weighted by Gasteiger charge is -2.17. The van der Waals surface area contributed by atoms with E-state index in [-0.39, 0.29) is 12.6 Å². The summed E-state index contributed by atoms with van der Waals surface area (Å²) in [5.41, 5.74) is 5.60. The van der Waals surface area contributed by atoms with E-state index >= 15 is 0 Å². The zero-order chi connectivity index (χ0) is 20.1. The fourth-order valence-corrected chi connectivity index (χ4v) is 3.72. The van der Waals surface area contributed by atoms with Crippen LogP contribution in [0.15, 0.2) is 36.4 Å². The molecular weight excluding hydrogens is 376 g/mol. The van der Waals surface area contributed by atoms with Crippen LogP contribution < -0.4 is 0 Å². The van der Waals surface area contributed by atoms with Gasteiger partial charge in [-0.2, -0.15) is 5.10 Å². The Labute approximate surface area is 169 Å². The largest absolute Gasteiger partial charge is 0.466 e. The van der Waals surface area contributed by atoms with E-state index < -0.39 is 0 Å². The molecule has 0 saturated heterocycles. The van der Waals surface area contributed by atoms with Gasteiger partial charge in [-0.3, -0.25) is 4.79 Å². The van der Waals surface area contributed by atoms with Crippen LogP contribution in [-0.4, -0.2) is 27.3 Å². The number of halogens is 1. The molecule has 0 bridgehead atoms. The number of benzene rings is 1. The Morgan fingerprint density at radius 2 is 2.07 bits per heavy atom. The van der Waals surface area contributed by atoms with Gasteiger partial charge in [-0.05, 0) is 61.6 Å². The number of carbonyl (C=O) groups is 1. The monoisotopic (exact) mass is 400 g/mol. The molecule has 0 atom stereocenters. The minimum atomic E-state index is -0.206. The van der Waals surface area contributed by atoms with Crippen molar-refractivity contribution >= 4 is 23.1 Å². The number of aliphatic hydroxyl groups excluding tert-OH is 1. The van der Waals surface area contributed by atoms with Crippen LogP contribution in [0, 0.1) is 0 Å². The summed E-state index contributed by atoms with van der Waals surface area (Å²) in [4.78, 5) is 11.7. The smallest absolute Gasteiger partial charge is 0.305 e. The normalized spacial score (nSPS) is 11.1. The topological polar surface area (TPSA) is 63.8 Å². The number of carbonyl (C=O) groups excluding carboxylic acids is 1. The van der Waals surface area contributed by atoms with Crippen molar-refractivity contribution in [2.45, 2.75) is 46.1 Å². The Morgan fingerprint density at radius 3 is 2.75 bits per heavy atom. The third-order valence-electron chi connectivity index (χ3n) is 4.80. The summed E-state index contributed by atoms with van der Waals surface area (Å²) in [5.74, 6) is -0.206. The molecule has 0 radical (unpaired) electrons. The van der Waals surface area contributed by atoms with Gasteiger partial charge in [-0.15, -0.1) is 0 Å². The maximum atomic E-state index is 11.7. The molecule has 0 spiro atoms. The lowest BCUT2D eigenvalue weighted by atomic mass is 9.95. The fraction of sp³-hybridized carbons (Fsp3) is 0.364. The van der Waals surface area contributed by atoms with Crippen molar-refractivity contribution < 1.29 is 14.6 Å². The van der Waals surface area contributed by atoms with Gasteiger partial charge < -0.3 is 9.84 Å². The van der Waals surface area contributed by atoms with Crippen LogP contribution in [0.2, 0.25) is 5.02 Å². The lowest BCUT2D eigenvalue weighted by Crippen LogP contribution is -2.10. The molecule has 0 unspecified atom stereocenters. The highest BCUT2D eigenvalue weighted by Crippen LogP contribution is 2.34. The molecule has 6 heteroatoms. The van der Waals surface area contributed by atoms with Crippen molar-refractivity contribution in [3.05, 3.63) is 58.4 Å². The molecule has 1 aromatic carbocycles. The summed E-state index contributed by atoms with van der Waals surface area (Å²) in [7, 11) is 0. The molecule has 0 aliphatic heterocycles. The summed E-state index contributed by atoms with van der Waals surface area (Å²) >= 11 is 6.25. The summed E-state index contributed by atoms with van der Waals surface area (Å²) in [6.07, 6.45) is 2.41. The highest BCUT2D eigenvalue weighted by molar-refractivity contribution is 6.30. The van der Waals surface area contributed by atoms with Crippen molar-refractivity contribution in [2.75, 3.05) is 6.61 Å². The molecular formula is C22H25ClN2O3. The summed E-state index contributed by atoms with van der Waals surface area (Å²) in [5, 5.41) is 15.3. The van der Waals surface area contributed by atoms with Crippen LogP contribution >= 0.6 is 11.6 Å². The molecule has 3 rings (SSSR count). The van der Waals surface area contributed by atoms with Crippen LogP contribution in [0.5, 0.6) is 0 Å². The Balaban J connectivity index is 2.11. The number of rotatable bonds is 8. The highest BCUT2D eigenvalue weighted by Gasteiger charge is 2.18. The zero-order valence-electron chi connectivity index (χ0n) is 16.2. The van der Waals surface area contributed by atoms with Crippen LogP contribution in [0.1, 0.15) is 43.6 Å². The molecule has 0 amide bonds. The van der Waals surface area contributed by atoms with Crippen LogP contribution in [0.4, 0.5) is 0 Å². The third-order valence-corrected chi connectivity index (χ3v) is 5.03. The van der Waals surface area contributed by atoms with Gasteiger partial charge in [0.1, 0.15) is 0 Å². The number of hydrogen-bond acceptors (Lipinski definition) is 4. The zero-order valence-corrected chi connectivity index (χ0v) is 17.0. The van der Waals surface area contributed by atoms with Gasteiger partial charge in [0.05, 0.1) is 24.4 Å². The number of nitrogens with zero attached hydrogens (tertiary/aromatic N) is 2. The summed E-state index contributed by atoms with van der Waals surface area (Å²) < 4.78 is 6.93. The van der Waals surface area contributed by atoms with Crippen LogP contribution in [0.3, 0.4) is 0 Å². The maximum Gasteiger partial charge on any atom is 0.305 e. The number of aromatic nitrogens is 2. The first-order valence-electron chi connectivity index (χ1n) is 9.63. The first kappa shape index (κ1) is 20.4. The Kier molecular flexibility index (Phi) is 6.70. The van der Waals surface area contributed by atoms with E-state index in [9.17, 15) is 9.90 Å². The molecule has 1 N–H and O–H groups in total. The van der Waals surface area contributed by atoms with Gasteiger partial charge in [0.25, 0.3) is 0 Å². The van der Waals surface area contributed by atoms with E-state index in [4.69, 9.17) is 16.3 Å². The predicted octanol–water partition coefficient (Wildman–Crippen LogP) is 4.60. The third kappa shape index (κ3) is 4.21. The summed E-state index contributed by atoms with van der Waals surface area (Å²) in [6, 6.07) is 11.8. The molecule has 2 heterocycles. The molecule has 0 fully saturated rings. The molecule has 2 aromatic heterocycles. The number of ether oxygens (including phenoxy) is 1. The van der Waals surface area contributed by atoms with Gasteiger partial charge in [0.15, 0.2) is 0 Å². The maximum absolute atomic E-state index is 11.7. The molecule has 28 heavy (non-hydrogen) atoms. The van der Waals surface area contributed by atoms with Gasteiger partial charge in [-0.1, -0.05) is 30.7 Å². The van der Waals surface area contributed by atoms with E-state index in [1.807, 2.05) is 28.8 Å². The Bertz CT molecular complexity index is 981. The number of aryl methyl sites for hydroxylation is 1. The van der Waals surface area contributed by atoms with Crippen molar-refractivity contribution in [3.8, 4) is 11.1 Å². The standard InChI is InChI=1S/C22H25ClN2O3/c1-3-17-11-12-20-22(15-7-5-8-16(23)13-15)18(19(14-26)24-25(17)20)9-6-10-21(27)28-4-2/h5,7-8,11-13,26H,3-4,6,9-10,14H2,1-2H3. The number of aliphatic hydroxyl groups is 1. The second kappa shape index (κ2) is 9.22. The average molecular weight is 401 g/mol. The molecule has 0 aliphatic carbocycles. The van der Waals surface area contributed by atoms with Gasteiger partial charge >= 0.3 is 5.97 Å². The van der Waals surface area contributed by atoms with Gasteiger partial charge in [0.2, 0.25) is 0 Å². The molecule has 3 aromatic rings. The van der Waals surface area contributed by atoms with Crippen molar-refractivity contribution in [3.63, 3.8) is 0 Å². The van der Waals surface area contributed by atoms with E-state index in [1.165, 1.54) is 0 Å². The quantitative estimate of drug-likeness (QED) is 0.561. The Hall–Kier alpha value is -2.37. The van der Waals surface area contributed by atoms with E-state index in [0.717, 1.165) is 34.3 Å². The SMILES string of the molecule is CCOC(=O)CCCc1c(CO)nn2c(CC)ccc2c1-c1cccc(Cl)c1. The minimum absolute atomic E-state index is 0.167. The van der Waals surface area contributed by atoms with Gasteiger partial charge in [0, 0.05) is 22.7 Å². The number of hydrogen-bond donors (Lipinski definition) is 1. The first-order valence-corrected chi connectivity index (χ1v) is 10.0. The van der Waals surface area contributed by atoms with E-state index in [2.05, 4.69) is 24.2 Å². The van der Waals surface area contributed by atoms with Crippen molar-refractivity contribution in [1.29, 1.82) is 0 Å². The average Bonchev–Trinajstić information content (AvgIpc) is 3.09. The molecule has 0 saturated carbocycles. The predicted molar refractivity (Wildman–Crippen MR) is 111 cm³/mol. The first-order chi connectivity index (χ1) is 13.6. The van der Waals surface area contributed by atoms with Crippen molar-refractivity contribution in [1.82, 2.24) is 9.61 Å². The number of fused-ring (bicyclic) bond motifs is 1. The molecule has 5 nitrogen and oxygen atoms in total. The second-order valence-electron chi connectivity index (χ2n) is 6.60. The van der Waals surface area contributed by atoms with E-state index in [0.29, 0.717) is 36.6 Å².